The number of fused-ring (bicyclic) bond motifs is 1. The summed E-state index contributed by atoms with van der Waals surface area (Å²) in [4.78, 5) is 12.0. The van der Waals surface area contributed by atoms with Gasteiger partial charge in [-0.05, 0) is 17.7 Å². The molecule has 1 atom stereocenters. The molecule has 96 valence electrons. The second-order valence-electron chi connectivity index (χ2n) is 4.17. The molecule has 0 bridgehead atoms. The Bertz CT molecular complexity index is 591. The minimum absolute atomic E-state index is 0.146. The van der Waals surface area contributed by atoms with Crippen LogP contribution < -0.4 is 10.1 Å². The Balaban J connectivity index is 1.68. The van der Waals surface area contributed by atoms with Crippen LogP contribution in [0.5, 0.6) is 5.88 Å². The summed E-state index contributed by atoms with van der Waals surface area (Å²) in [7, 11) is 0. The molecule has 2 heterocycles. The maximum absolute atomic E-state index is 12.0. The minimum atomic E-state index is -0.394. The average Bonchev–Trinajstić information content (AvgIpc) is 2.85. The van der Waals surface area contributed by atoms with E-state index in [4.69, 9.17) is 16.3 Å². The Kier molecular flexibility index (Phi) is 3.05. The third-order valence-corrected chi connectivity index (χ3v) is 3.07. The predicted octanol–water partition coefficient (Wildman–Crippen LogP) is 2.07. The van der Waals surface area contributed by atoms with Crippen molar-refractivity contribution in [2.24, 2.45) is 0 Å². The topological polar surface area (TPSA) is 64.1 Å². The van der Waals surface area contributed by atoms with Gasteiger partial charge in [0.05, 0.1) is 0 Å². The van der Waals surface area contributed by atoms with Crippen LogP contribution in [-0.4, -0.2) is 22.2 Å². The lowest BCUT2D eigenvalue weighted by Gasteiger charge is -2.09. The summed E-state index contributed by atoms with van der Waals surface area (Å²) in [5, 5.41) is 10.7. The average molecular weight is 276 g/mol. The molecular weight excluding hydrogens is 266 g/mol. The van der Waals surface area contributed by atoms with Crippen molar-refractivity contribution < 1.29 is 9.53 Å². The highest BCUT2D eigenvalue weighted by atomic mass is 35.5. The molecule has 6 heteroatoms. The van der Waals surface area contributed by atoms with Crippen LogP contribution in [0.4, 0.5) is 5.69 Å². The van der Waals surface area contributed by atoms with E-state index < -0.39 is 6.04 Å². The molecule has 1 aromatic carbocycles. The van der Waals surface area contributed by atoms with Crippen LogP contribution >= 0.6 is 11.6 Å². The molecular formula is C13H10ClN3O2. The zero-order valence-corrected chi connectivity index (χ0v) is 10.6. The highest BCUT2D eigenvalue weighted by Crippen LogP contribution is 2.25. The Labute approximate surface area is 114 Å². The third-order valence-electron chi connectivity index (χ3n) is 2.87. The van der Waals surface area contributed by atoms with Gasteiger partial charge in [0, 0.05) is 18.2 Å². The summed E-state index contributed by atoms with van der Waals surface area (Å²) < 4.78 is 5.15. The fourth-order valence-electron chi connectivity index (χ4n) is 1.97. The number of hydrogen-bond acceptors (Lipinski definition) is 5. The van der Waals surface area contributed by atoms with Crippen molar-refractivity contribution in [3.8, 4) is 5.88 Å². The molecule has 19 heavy (non-hydrogen) atoms. The first kappa shape index (κ1) is 11.9. The maximum atomic E-state index is 12.0. The van der Waals surface area contributed by atoms with E-state index in [0.717, 1.165) is 11.3 Å². The summed E-state index contributed by atoms with van der Waals surface area (Å²) in [6, 6.07) is 10.4. The van der Waals surface area contributed by atoms with Crippen molar-refractivity contribution in [1.82, 2.24) is 10.2 Å². The molecule has 0 aliphatic carbocycles. The van der Waals surface area contributed by atoms with Gasteiger partial charge in [-0.2, -0.15) is 0 Å². The lowest BCUT2D eigenvalue weighted by Crippen LogP contribution is -2.31. The number of halogens is 1. The van der Waals surface area contributed by atoms with E-state index >= 15 is 0 Å². The number of rotatable bonds is 2. The van der Waals surface area contributed by atoms with Gasteiger partial charge in [-0.15, -0.1) is 10.2 Å². The number of nitrogens with one attached hydrogen (secondary N) is 1. The SMILES string of the molecule is O=C(Oc1ccc(Cl)nn1)C1Cc2ccccc2N1. The summed E-state index contributed by atoms with van der Waals surface area (Å²) in [6.45, 7) is 0. The molecule has 0 saturated heterocycles. The quantitative estimate of drug-likeness (QED) is 0.850. The van der Waals surface area contributed by atoms with E-state index in [2.05, 4.69) is 15.5 Å². The van der Waals surface area contributed by atoms with Crippen LogP contribution in [0.3, 0.4) is 0 Å². The Morgan fingerprint density at radius 3 is 2.84 bits per heavy atom. The monoisotopic (exact) mass is 275 g/mol. The first-order valence-corrected chi connectivity index (χ1v) is 6.15. The molecule has 0 saturated carbocycles. The van der Waals surface area contributed by atoms with Gasteiger partial charge in [0.15, 0.2) is 5.15 Å². The molecule has 2 aromatic rings. The second kappa shape index (κ2) is 4.85. The van der Waals surface area contributed by atoms with E-state index in [1.54, 1.807) is 0 Å². The number of anilines is 1. The lowest BCUT2D eigenvalue weighted by atomic mass is 10.1. The van der Waals surface area contributed by atoms with Crippen molar-refractivity contribution in [2.45, 2.75) is 12.5 Å². The Hall–Kier alpha value is -2.14. The van der Waals surface area contributed by atoms with E-state index in [9.17, 15) is 4.79 Å². The second-order valence-corrected chi connectivity index (χ2v) is 4.56. The van der Waals surface area contributed by atoms with Gasteiger partial charge < -0.3 is 10.1 Å². The molecule has 0 amide bonds. The fourth-order valence-corrected chi connectivity index (χ4v) is 2.07. The molecule has 0 fully saturated rings. The fraction of sp³-hybridized carbons (Fsp3) is 0.154. The summed E-state index contributed by atoms with van der Waals surface area (Å²) in [5.74, 6) is -0.236. The number of carbonyl (C=O) groups is 1. The van der Waals surface area contributed by atoms with Gasteiger partial charge >= 0.3 is 5.97 Å². The van der Waals surface area contributed by atoms with Crippen LogP contribution in [0, 0.1) is 0 Å². The first-order chi connectivity index (χ1) is 9.22. The standard InChI is InChI=1S/C13H10ClN3O2/c14-11-5-6-12(17-16-11)19-13(18)10-7-8-3-1-2-4-9(8)15-10/h1-6,10,15H,7H2. The summed E-state index contributed by atoms with van der Waals surface area (Å²) >= 11 is 5.61. The number of carbonyl (C=O) groups excluding carboxylic acids is 1. The molecule has 0 spiro atoms. The van der Waals surface area contributed by atoms with Gasteiger partial charge in [0.1, 0.15) is 6.04 Å². The van der Waals surface area contributed by atoms with Crippen molar-refractivity contribution in [3.05, 3.63) is 47.1 Å². The molecule has 1 aromatic heterocycles. The smallest absolute Gasteiger partial charge is 0.335 e. The maximum Gasteiger partial charge on any atom is 0.335 e. The largest absolute Gasteiger partial charge is 0.404 e. The highest BCUT2D eigenvalue weighted by molar-refractivity contribution is 6.29. The molecule has 5 nitrogen and oxygen atoms in total. The molecule has 3 rings (SSSR count). The lowest BCUT2D eigenvalue weighted by molar-refractivity contribution is -0.135. The predicted molar refractivity (Wildman–Crippen MR) is 70.2 cm³/mol. The van der Waals surface area contributed by atoms with Gasteiger partial charge in [-0.3, -0.25) is 0 Å². The number of aromatic nitrogens is 2. The summed E-state index contributed by atoms with van der Waals surface area (Å²) in [5.41, 5.74) is 2.07. The van der Waals surface area contributed by atoms with E-state index in [1.807, 2.05) is 24.3 Å². The molecule has 1 unspecified atom stereocenters. The van der Waals surface area contributed by atoms with Crippen LogP contribution in [0.2, 0.25) is 5.15 Å². The van der Waals surface area contributed by atoms with Crippen molar-refractivity contribution >= 4 is 23.3 Å². The van der Waals surface area contributed by atoms with Gasteiger partial charge in [-0.25, -0.2) is 4.79 Å². The van der Waals surface area contributed by atoms with Crippen molar-refractivity contribution in [3.63, 3.8) is 0 Å². The number of benzene rings is 1. The number of esters is 1. The molecule has 1 aliphatic heterocycles. The van der Waals surface area contributed by atoms with Gasteiger partial charge in [0.25, 0.3) is 0 Å². The molecule has 1 N–H and O–H groups in total. The van der Waals surface area contributed by atoms with Crippen molar-refractivity contribution in [2.75, 3.05) is 5.32 Å². The number of para-hydroxylation sites is 1. The van der Waals surface area contributed by atoms with E-state index in [-0.39, 0.29) is 17.0 Å². The number of ether oxygens (including phenoxy) is 1. The first-order valence-electron chi connectivity index (χ1n) is 5.78. The van der Waals surface area contributed by atoms with Crippen LogP contribution in [0.1, 0.15) is 5.56 Å². The van der Waals surface area contributed by atoms with E-state index in [0.29, 0.717) is 6.42 Å². The Morgan fingerprint density at radius 2 is 2.11 bits per heavy atom. The minimum Gasteiger partial charge on any atom is -0.404 e. The summed E-state index contributed by atoms with van der Waals surface area (Å²) in [6.07, 6.45) is 0.607. The molecule has 1 aliphatic rings. The third kappa shape index (κ3) is 2.51. The highest BCUT2D eigenvalue weighted by Gasteiger charge is 2.28. The Morgan fingerprint density at radius 1 is 1.26 bits per heavy atom. The molecule has 0 radical (unpaired) electrons. The van der Waals surface area contributed by atoms with Gasteiger partial charge in [-0.1, -0.05) is 29.8 Å². The normalized spacial score (nSPS) is 16.6. The van der Waals surface area contributed by atoms with Crippen LogP contribution in [0.15, 0.2) is 36.4 Å². The number of nitrogens with zero attached hydrogens (tertiary/aromatic N) is 2. The van der Waals surface area contributed by atoms with Crippen molar-refractivity contribution in [1.29, 1.82) is 0 Å². The zero-order chi connectivity index (χ0) is 13.2. The zero-order valence-electron chi connectivity index (χ0n) is 9.84. The van der Waals surface area contributed by atoms with Crippen LogP contribution in [-0.2, 0) is 11.2 Å². The van der Waals surface area contributed by atoms with Crippen LogP contribution in [0.25, 0.3) is 0 Å². The number of hydrogen-bond donors (Lipinski definition) is 1. The van der Waals surface area contributed by atoms with Gasteiger partial charge in [0.2, 0.25) is 5.88 Å². The van der Waals surface area contributed by atoms with E-state index in [1.165, 1.54) is 12.1 Å².